The van der Waals surface area contributed by atoms with E-state index in [1.807, 2.05) is 35.2 Å². The lowest BCUT2D eigenvalue weighted by Crippen LogP contribution is -2.47. The van der Waals surface area contributed by atoms with Gasteiger partial charge in [0.1, 0.15) is 23.8 Å². The van der Waals surface area contributed by atoms with Gasteiger partial charge in [-0.2, -0.15) is 0 Å². The number of carbonyl (C=O) groups excluding carboxylic acids is 1. The minimum Gasteiger partial charge on any atom is -0.497 e. The quantitative estimate of drug-likeness (QED) is 0.855. The average Bonchev–Trinajstić information content (AvgIpc) is 2.62. The molecular weight excluding hydrogens is 292 g/mol. The summed E-state index contributed by atoms with van der Waals surface area (Å²) in [5.41, 5.74) is 2.62. The van der Waals surface area contributed by atoms with Crippen molar-refractivity contribution in [3.05, 3.63) is 48.0 Å². The maximum atomic E-state index is 12.9. The minimum atomic E-state index is 0.00581. The summed E-state index contributed by atoms with van der Waals surface area (Å²) in [6.45, 7) is 3.08. The number of methoxy groups -OCH3 is 1. The normalized spacial score (nSPS) is 15.7. The first-order valence-corrected chi connectivity index (χ1v) is 7.74. The van der Waals surface area contributed by atoms with Crippen molar-refractivity contribution < 1.29 is 14.3 Å². The van der Waals surface area contributed by atoms with Crippen molar-refractivity contribution in [3.63, 3.8) is 0 Å². The second-order valence-corrected chi connectivity index (χ2v) is 5.64. The molecule has 0 fully saturated rings. The molecule has 2 aromatic carbocycles. The third-order valence-electron chi connectivity index (χ3n) is 4.38. The highest BCUT2D eigenvalue weighted by atomic mass is 16.5. The Morgan fingerprint density at radius 1 is 1.09 bits per heavy atom. The Morgan fingerprint density at radius 3 is 2.70 bits per heavy atom. The number of hydrogen-bond acceptors (Lipinski definition) is 4. The topological polar surface area (TPSA) is 42.0 Å². The zero-order valence-corrected chi connectivity index (χ0v) is 13.0. The van der Waals surface area contributed by atoms with Gasteiger partial charge in [-0.05, 0) is 36.4 Å². The number of rotatable bonds is 2. The van der Waals surface area contributed by atoms with Crippen molar-refractivity contribution in [1.82, 2.24) is 0 Å². The Hall–Kier alpha value is -2.69. The molecule has 0 radical (unpaired) electrons. The van der Waals surface area contributed by atoms with Crippen molar-refractivity contribution in [2.24, 2.45) is 0 Å². The first kappa shape index (κ1) is 13.9. The van der Waals surface area contributed by atoms with E-state index in [-0.39, 0.29) is 5.91 Å². The van der Waals surface area contributed by atoms with Crippen molar-refractivity contribution in [3.8, 4) is 11.5 Å². The number of amides is 1. The molecule has 2 heterocycles. The lowest BCUT2D eigenvalue weighted by atomic mass is 10.1. The zero-order chi connectivity index (χ0) is 15.8. The van der Waals surface area contributed by atoms with Crippen LogP contribution in [0.4, 0.5) is 11.4 Å². The number of para-hydroxylation sites is 1. The van der Waals surface area contributed by atoms with E-state index in [2.05, 4.69) is 4.90 Å². The largest absolute Gasteiger partial charge is 0.497 e. The van der Waals surface area contributed by atoms with Gasteiger partial charge in [-0.3, -0.25) is 4.79 Å². The smallest absolute Gasteiger partial charge is 0.258 e. The monoisotopic (exact) mass is 310 g/mol. The molecule has 0 aliphatic carbocycles. The van der Waals surface area contributed by atoms with E-state index in [9.17, 15) is 4.79 Å². The van der Waals surface area contributed by atoms with Crippen molar-refractivity contribution >= 4 is 17.3 Å². The van der Waals surface area contributed by atoms with Gasteiger partial charge in [0.05, 0.1) is 19.3 Å². The van der Waals surface area contributed by atoms with Gasteiger partial charge in [-0.25, -0.2) is 0 Å². The predicted octanol–water partition coefficient (Wildman–Crippen LogP) is 2.55. The third-order valence-corrected chi connectivity index (χ3v) is 4.38. The van der Waals surface area contributed by atoms with Crippen LogP contribution in [0, 0.1) is 0 Å². The van der Waals surface area contributed by atoms with Gasteiger partial charge in [0.15, 0.2) is 0 Å². The number of nitrogens with zero attached hydrogens (tertiary/aromatic N) is 2. The molecule has 2 aliphatic rings. The van der Waals surface area contributed by atoms with E-state index in [0.717, 1.165) is 36.0 Å². The second-order valence-electron chi connectivity index (χ2n) is 5.64. The summed E-state index contributed by atoms with van der Waals surface area (Å²) in [7, 11) is 1.62. The molecule has 5 heteroatoms. The first-order chi connectivity index (χ1) is 11.3. The van der Waals surface area contributed by atoms with E-state index in [4.69, 9.17) is 9.47 Å². The minimum absolute atomic E-state index is 0.00581. The molecule has 0 saturated heterocycles. The molecule has 118 valence electrons. The van der Waals surface area contributed by atoms with Crippen LogP contribution < -0.4 is 19.3 Å². The fourth-order valence-electron chi connectivity index (χ4n) is 3.21. The van der Waals surface area contributed by atoms with Crippen LogP contribution in [0.2, 0.25) is 0 Å². The van der Waals surface area contributed by atoms with Crippen LogP contribution in [0.15, 0.2) is 42.5 Å². The number of benzene rings is 2. The van der Waals surface area contributed by atoms with Crippen LogP contribution in [0.1, 0.15) is 10.4 Å². The summed E-state index contributed by atoms with van der Waals surface area (Å²) in [4.78, 5) is 17.0. The van der Waals surface area contributed by atoms with E-state index >= 15 is 0 Å². The Morgan fingerprint density at radius 2 is 1.91 bits per heavy atom. The molecule has 2 aromatic rings. The second kappa shape index (κ2) is 5.50. The average molecular weight is 310 g/mol. The molecule has 1 amide bonds. The highest BCUT2D eigenvalue weighted by Crippen LogP contribution is 2.42. The van der Waals surface area contributed by atoms with E-state index in [1.54, 1.807) is 19.2 Å². The zero-order valence-electron chi connectivity index (χ0n) is 13.0. The van der Waals surface area contributed by atoms with Crippen molar-refractivity contribution in [2.45, 2.75) is 0 Å². The standard InChI is InChI=1S/C18H18N2O3/c1-22-14-7-5-13(6-8-14)18(21)20-10-9-19-11-12-23-16-4-2-3-15(20)17(16)19/h2-8H,9-12H2,1H3. The molecule has 0 N–H and O–H groups in total. The van der Waals surface area contributed by atoms with Crippen LogP contribution in [-0.4, -0.2) is 39.3 Å². The molecule has 0 spiro atoms. The summed E-state index contributed by atoms with van der Waals surface area (Å²) in [5.74, 6) is 1.61. The van der Waals surface area contributed by atoms with Crippen LogP contribution in [0.5, 0.6) is 11.5 Å². The van der Waals surface area contributed by atoms with Crippen LogP contribution >= 0.6 is 0 Å². The van der Waals surface area contributed by atoms with E-state index in [1.165, 1.54) is 0 Å². The van der Waals surface area contributed by atoms with Crippen LogP contribution in [0.3, 0.4) is 0 Å². The summed E-state index contributed by atoms with van der Waals surface area (Å²) in [6.07, 6.45) is 0. The number of hydrogen-bond donors (Lipinski definition) is 0. The lowest BCUT2D eigenvalue weighted by Gasteiger charge is -2.41. The van der Waals surface area contributed by atoms with Gasteiger partial charge >= 0.3 is 0 Å². The fourth-order valence-corrected chi connectivity index (χ4v) is 3.21. The SMILES string of the molecule is COc1ccc(C(=O)N2CCN3CCOc4cccc2c43)cc1. The first-order valence-electron chi connectivity index (χ1n) is 7.74. The highest BCUT2D eigenvalue weighted by Gasteiger charge is 2.31. The van der Waals surface area contributed by atoms with Crippen molar-refractivity contribution in [1.29, 1.82) is 0 Å². The molecule has 0 atom stereocenters. The summed E-state index contributed by atoms with van der Waals surface area (Å²) >= 11 is 0. The summed E-state index contributed by atoms with van der Waals surface area (Å²) < 4.78 is 10.9. The van der Waals surface area contributed by atoms with Crippen molar-refractivity contribution in [2.75, 3.05) is 43.2 Å². The van der Waals surface area contributed by atoms with Gasteiger partial charge < -0.3 is 19.3 Å². The summed E-state index contributed by atoms with van der Waals surface area (Å²) in [6, 6.07) is 13.1. The number of ether oxygens (including phenoxy) is 2. The molecule has 2 aliphatic heterocycles. The van der Waals surface area contributed by atoms with Gasteiger partial charge in [0.25, 0.3) is 5.91 Å². The maximum absolute atomic E-state index is 12.9. The Kier molecular flexibility index (Phi) is 3.33. The van der Waals surface area contributed by atoms with Gasteiger partial charge in [0, 0.05) is 18.7 Å². The van der Waals surface area contributed by atoms with Crippen LogP contribution in [-0.2, 0) is 0 Å². The summed E-state index contributed by atoms with van der Waals surface area (Å²) in [5, 5.41) is 0. The molecule has 0 unspecified atom stereocenters. The maximum Gasteiger partial charge on any atom is 0.258 e. The molecule has 0 bridgehead atoms. The number of anilines is 2. The number of carbonyl (C=O) groups is 1. The molecule has 0 saturated carbocycles. The predicted molar refractivity (Wildman–Crippen MR) is 88.8 cm³/mol. The lowest BCUT2D eigenvalue weighted by molar-refractivity contribution is 0.0986. The van der Waals surface area contributed by atoms with Crippen LogP contribution in [0.25, 0.3) is 0 Å². The molecule has 23 heavy (non-hydrogen) atoms. The van der Waals surface area contributed by atoms with Gasteiger partial charge in [-0.15, -0.1) is 0 Å². The Labute approximate surface area is 135 Å². The van der Waals surface area contributed by atoms with Gasteiger partial charge in [-0.1, -0.05) is 6.07 Å². The molecule has 0 aromatic heterocycles. The molecular formula is C18H18N2O3. The molecule has 5 nitrogen and oxygen atoms in total. The Balaban J connectivity index is 1.71. The van der Waals surface area contributed by atoms with Gasteiger partial charge in [0.2, 0.25) is 0 Å². The highest BCUT2D eigenvalue weighted by molar-refractivity contribution is 6.09. The Bertz CT molecular complexity index is 742. The fraction of sp³-hybridized carbons (Fsp3) is 0.278. The van der Waals surface area contributed by atoms with E-state index < -0.39 is 0 Å². The van der Waals surface area contributed by atoms with E-state index in [0.29, 0.717) is 18.7 Å². The third kappa shape index (κ3) is 2.29. The molecule has 4 rings (SSSR count).